The molecule has 0 bridgehead atoms. The third-order valence-corrected chi connectivity index (χ3v) is 2.92. The van der Waals surface area contributed by atoms with Gasteiger partial charge in [-0.2, -0.15) is 0 Å². The Morgan fingerprint density at radius 1 is 0.941 bits per heavy atom. The van der Waals surface area contributed by atoms with Crippen molar-refractivity contribution in [1.82, 2.24) is 0 Å². The van der Waals surface area contributed by atoms with Crippen LogP contribution in [0.1, 0.15) is 64.7 Å². The molecule has 1 atom stereocenters. The molecule has 4 heteroatoms. The summed E-state index contributed by atoms with van der Waals surface area (Å²) in [7, 11) is 2.13. The maximum Gasteiger partial charge on any atom is 0.308 e. The van der Waals surface area contributed by atoms with Crippen LogP contribution in [0.15, 0.2) is 0 Å². The highest BCUT2D eigenvalue weighted by Crippen LogP contribution is 2.08. The van der Waals surface area contributed by atoms with Crippen molar-refractivity contribution < 1.29 is 14.1 Å². The van der Waals surface area contributed by atoms with Crippen LogP contribution in [0.3, 0.4) is 0 Å². The fraction of sp³-hybridized carbons (Fsp3) is 0.923. The first-order valence-corrected chi connectivity index (χ1v) is 7.25. The summed E-state index contributed by atoms with van der Waals surface area (Å²) < 4.78 is 9.78. The second-order valence-corrected chi connectivity index (χ2v) is 4.65. The van der Waals surface area contributed by atoms with Crippen molar-refractivity contribution in [3.05, 3.63) is 0 Å². The first-order chi connectivity index (χ1) is 8.31. The number of carbonyl (C=O) groups excluding carboxylic acids is 1. The molecule has 0 saturated heterocycles. The van der Waals surface area contributed by atoms with Gasteiger partial charge in [-0.15, -0.1) is 0 Å². The summed E-state index contributed by atoms with van der Waals surface area (Å²) in [6, 6.07) is 0. The number of carbonyl (C=O) groups is 1. The maximum atomic E-state index is 11.1. The Kier molecular flexibility index (Phi) is 13.8. The lowest BCUT2D eigenvalue weighted by Gasteiger charge is -2.04. The molecule has 3 nitrogen and oxygen atoms in total. The molecule has 0 aliphatic rings. The van der Waals surface area contributed by atoms with Gasteiger partial charge in [-0.25, -0.2) is 0 Å². The molecule has 0 saturated carbocycles. The molecule has 0 aliphatic carbocycles. The van der Waals surface area contributed by atoms with Gasteiger partial charge < -0.3 is 9.26 Å². The van der Waals surface area contributed by atoms with E-state index in [-0.39, 0.29) is 5.97 Å². The Hall–Kier alpha value is -0.140. The Balaban J connectivity index is 3.05. The smallest absolute Gasteiger partial charge is 0.308 e. The zero-order chi connectivity index (χ0) is 12.8. The molecule has 0 spiro atoms. The minimum atomic E-state index is -0.157. The molecular weight excluding hydrogens is 235 g/mol. The summed E-state index contributed by atoms with van der Waals surface area (Å²) in [5, 5.41) is 0. The minimum absolute atomic E-state index is 0.157. The summed E-state index contributed by atoms with van der Waals surface area (Å²) in [5.74, 6) is -0.157. The van der Waals surface area contributed by atoms with E-state index >= 15 is 0 Å². The van der Waals surface area contributed by atoms with Crippen LogP contribution in [0, 0.1) is 0 Å². The number of hydrogen-bond acceptors (Lipinski definition) is 3. The molecule has 0 aliphatic heterocycles. The first kappa shape index (κ1) is 16.9. The van der Waals surface area contributed by atoms with Gasteiger partial charge in [0.05, 0.1) is 19.6 Å². The molecule has 0 heterocycles. The molecule has 17 heavy (non-hydrogen) atoms. The van der Waals surface area contributed by atoms with Crippen molar-refractivity contribution >= 4 is 15.4 Å². The molecule has 0 N–H and O–H groups in total. The molecule has 0 rings (SSSR count). The van der Waals surface area contributed by atoms with Crippen LogP contribution in [0.4, 0.5) is 0 Å². The number of unbranched alkanes of at least 4 members (excludes halogenated alkanes) is 7. The Bertz CT molecular complexity index is 174. The highest BCUT2D eigenvalue weighted by Gasteiger charge is 2.01. The third-order valence-electron chi connectivity index (χ3n) is 2.68. The predicted molar refractivity (Wildman–Crippen MR) is 73.8 cm³/mol. The predicted octanol–water partition coefficient (Wildman–Crippen LogP) is 3.87. The van der Waals surface area contributed by atoms with Gasteiger partial charge in [0.2, 0.25) is 0 Å². The van der Waals surface area contributed by atoms with Crippen molar-refractivity contribution in [2.75, 3.05) is 13.2 Å². The van der Waals surface area contributed by atoms with Crippen molar-refractivity contribution in [3.8, 4) is 0 Å². The Morgan fingerprint density at radius 3 is 2.12 bits per heavy atom. The molecule has 0 aromatic rings. The van der Waals surface area contributed by atoms with Crippen molar-refractivity contribution in [3.63, 3.8) is 0 Å². The summed E-state index contributed by atoms with van der Waals surface area (Å²) >= 11 is 0. The quantitative estimate of drug-likeness (QED) is 0.304. The third kappa shape index (κ3) is 13.8. The topological polar surface area (TPSA) is 35.5 Å². The van der Waals surface area contributed by atoms with E-state index in [9.17, 15) is 4.79 Å². The molecule has 1 unspecified atom stereocenters. The fourth-order valence-electron chi connectivity index (χ4n) is 1.64. The van der Waals surface area contributed by atoms with Crippen molar-refractivity contribution in [1.29, 1.82) is 0 Å². The monoisotopic (exact) mass is 262 g/mol. The van der Waals surface area contributed by atoms with E-state index in [1.54, 1.807) is 0 Å². The standard InChI is InChI=1S/C13H27O3P/c1-2-3-4-5-6-7-8-9-11-15-13(14)10-12-16-17/h2-12,17H2,1H3. The highest BCUT2D eigenvalue weighted by atomic mass is 31.0. The first-order valence-electron chi connectivity index (χ1n) is 6.78. The van der Waals surface area contributed by atoms with Crippen molar-refractivity contribution in [2.45, 2.75) is 64.7 Å². The van der Waals surface area contributed by atoms with Gasteiger partial charge in [0.25, 0.3) is 0 Å². The van der Waals surface area contributed by atoms with Crippen LogP contribution >= 0.6 is 9.47 Å². The molecule has 102 valence electrons. The summed E-state index contributed by atoms with van der Waals surface area (Å²) in [4.78, 5) is 11.1. The van der Waals surface area contributed by atoms with E-state index in [0.717, 1.165) is 6.42 Å². The maximum absolute atomic E-state index is 11.1. The average molecular weight is 262 g/mol. The molecule has 0 fully saturated rings. The SMILES string of the molecule is CCCCCCCCCCOC(=O)CCOP. The fourth-order valence-corrected chi connectivity index (χ4v) is 1.75. The van der Waals surface area contributed by atoms with E-state index in [1.165, 1.54) is 44.9 Å². The lowest BCUT2D eigenvalue weighted by molar-refractivity contribution is -0.144. The van der Waals surface area contributed by atoms with Crippen LogP contribution in [-0.2, 0) is 14.1 Å². The van der Waals surface area contributed by atoms with Crippen LogP contribution in [0.2, 0.25) is 0 Å². The molecule has 0 aromatic carbocycles. The zero-order valence-electron chi connectivity index (χ0n) is 11.1. The number of rotatable bonds is 12. The van der Waals surface area contributed by atoms with Crippen molar-refractivity contribution in [2.24, 2.45) is 0 Å². The van der Waals surface area contributed by atoms with Gasteiger partial charge in [-0.1, -0.05) is 51.9 Å². The second-order valence-electron chi connectivity index (χ2n) is 4.32. The van der Waals surface area contributed by atoms with E-state index in [1.807, 2.05) is 0 Å². The Labute approximate surface area is 108 Å². The lowest BCUT2D eigenvalue weighted by Crippen LogP contribution is -2.07. The molecular formula is C13H27O3P. The lowest BCUT2D eigenvalue weighted by atomic mass is 10.1. The van der Waals surface area contributed by atoms with Gasteiger partial charge in [-0.3, -0.25) is 4.79 Å². The van der Waals surface area contributed by atoms with Crippen LogP contribution in [0.25, 0.3) is 0 Å². The number of ether oxygens (including phenoxy) is 1. The van der Waals surface area contributed by atoms with Crippen LogP contribution < -0.4 is 0 Å². The van der Waals surface area contributed by atoms with E-state index in [4.69, 9.17) is 9.26 Å². The van der Waals surface area contributed by atoms with E-state index in [2.05, 4.69) is 16.4 Å². The van der Waals surface area contributed by atoms with E-state index < -0.39 is 0 Å². The average Bonchev–Trinajstić information content (AvgIpc) is 2.34. The number of esters is 1. The molecule has 0 amide bonds. The Morgan fingerprint density at radius 2 is 1.53 bits per heavy atom. The normalized spacial score (nSPS) is 10.5. The molecule has 0 aromatic heterocycles. The summed E-state index contributed by atoms with van der Waals surface area (Å²) in [6.45, 7) is 3.21. The zero-order valence-corrected chi connectivity index (χ0v) is 12.2. The highest BCUT2D eigenvalue weighted by molar-refractivity contribution is 7.09. The minimum Gasteiger partial charge on any atom is -0.466 e. The summed E-state index contributed by atoms with van der Waals surface area (Å²) in [5.41, 5.74) is 0. The van der Waals surface area contributed by atoms with Gasteiger partial charge in [0.1, 0.15) is 0 Å². The van der Waals surface area contributed by atoms with Gasteiger partial charge in [0.15, 0.2) is 0 Å². The van der Waals surface area contributed by atoms with Crippen LogP contribution in [-0.4, -0.2) is 19.2 Å². The number of hydrogen-bond donors (Lipinski definition) is 0. The largest absolute Gasteiger partial charge is 0.466 e. The van der Waals surface area contributed by atoms with Gasteiger partial charge >= 0.3 is 5.97 Å². The summed E-state index contributed by atoms with van der Waals surface area (Å²) in [6.07, 6.45) is 10.4. The van der Waals surface area contributed by atoms with Crippen LogP contribution in [0.5, 0.6) is 0 Å². The van der Waals surface area contributed by atoms with E-state index in [0.29, 0.717) is 19.6 Å². The second kappa shape index (κ2) is 13.9. The van der Waals surface area contributed by atoms with Gasteiger partial charge in [0, 0.05) is 9.47 Å². The van der Waals surface area contributed by atoms with Gasteiger partial charge in [-0.05, 0) is 6.42 Å². The molecule has 0 radical (unpaired) electrons.